The minimum Gasteiger partial charge on any atom is -0.383 e. The molecule has 0 aliphatic heterocycles. The third-order valence-corrected chi connectivity index (χ3v) is 5.38. The molecule has 0 spiro atoms. The van der Waals surface area contributed by atoms with Crippen LogP contribution in [0.4, 0.5) is 11.6 Å². The molecule has 0 saturated carbocycles. The van der Waals surface area contributed by atoms with Crippen molar-refractivity contribution >= 4 is 24.1 Å². The number of hydrogen-bond donors (Lipinski definition) is 1. The van der Waals surface area contributed by atoms with Crippen LogP contribution in [0, 0.1) is 18.3 Å². The summed E-state index contributed by atoms with van der Waals surface area (Å²) in [6.07, 6.45) is 7.32. The SMILES string of the molecule is CN=Cc1cc(Cc2cc(C=O)c(CCN(C)c3ncccc3C#N)cc2C)cnc1N. The summed E-state index contributed by atoms with van der Waals surface area (Å²) in [4.78, 5) is 26.4. The van der Waals surface area contributed by atoms with Gasteiger partial charge in [0.15, 0.2) is 0 Å². The van der Waals surface area contributed by atoms with Gasteiger partial charge in [-0.3, -0.25) is 9.79 Å². The number of aliphatic imine (C=N–C) groups is 1. The van der Waals surface area contributed by atoms with Crippen LogP contribution in [0.2, 0.25) is 0 Å². The number of hydrogen-bond acceptors (Lipinski definition) is 7. The van der Waals surface area contributed by atoms with Crippen LogP contribution < -0.4 is 10.6 Å². The van der Waals surface area contributed by atoms with Gasteiger partial charge < -0.3 is 10.6 Å². The number of carbonyl (C=O) groups excluding carboxylic acids is 1. The Labute approximate surface area is 188 Å². The molecule has 0 aliphatic rings. The fourth-order valence-electron chi connectivity index (χ4n) is 3.63. The maximum atomic E-state index is 11.8. The fraction of sp³-hybridized carbons (Fsp3) is 0.240. The summed E-state index contributed by atoms with van der Waals surface area (Å²) < 4.78 is 0. The van der Waals surface area contributed by atoms with E-state index in [0.717, 1.165) is 34.1 Å². The number of nitrogens with two attached hydrogens (primary N) is 1. The number of carbonyl (C=O) groups is 1. The van der Waals surface area contributed by atoms with E-state index in [1.54, 1.807) is 37.8 Å². The number of aldehydes is 1. The highest BCUT2D eigenvalue weighted by atomic mass is 16.1. The first-order valence-corrected chi connectivity index (χ1v) is 10.3. The van der Waals surface area contributed by atoms with Crippen LogP contribution >= 0.6 is 0 Å². The zero-order chi connectivity index (χ0) is 23.1. The molecule has 0 atom stereocenters. The van der Waals surface area contributed by atoms with E-state index in [4.69, 9.17) is 5.73 Å². The molecule has 7 nitrogen and oxygen atoms in total. The lowest BCUT2D eigenvalue weighted by molar-refractivity contribution is 0.112. The Hall–Kier alpha value is -4.05. The zero-order valence-corrected chi connectivity index (χ0v) is 18.5. The van der Waals surface area contributed by atoms with Gasteiger partial charge in [0.25, 0.3) is 0 Å². The fourth-order valence-corrected chi connectivity index (χ4v) is 3.63. The van der Waals surface area contributed by atoms with Crippen LogP contribution in [0.25, 0.3) is 0 Å². The second-order valence-corrected chi connectivity index (χ2v) is 7.64. The summed E-state index contributed by atoms with van der Waals surface area (Å²) in [5, 5.41) is 9.30. The minimum absolute atomic E-state index is 0.441. The Bertz CT molecular complexity index is 1200. The monoisotopic (exact) mass is 426 g/mol. The van der Waals surface area contributed by atoms with Crippen LogP contribution in [0.3, 0.4) is 0 Å². The van der Waals surface area contributed by atoms with Crippen LogP contribution in [0.5, 0.6) is 0 Å². The summed E-state index contributed by atoms with van der Waals surface area (Å²) in [5.41, 5.74) is 12.0. The van der Waals surface area contributed by atoms with Crippen molar-refractivity contribution in [2.45, 2.75) is 19.8 Å². The number of likely N-dealkylation sites (N-methyl/N-ethyl adjacent to an activating group) is 1. The standard InChI is InChI=1S/C25H26N6O/c1-17-9-19(6-8-31(3)25-20(13-26)5-4-7-29-25)23(16-32)12-21(17)10-18-11-22(15-28-2)24(27)30-14-18/h4-5,7,9,11-12,14-16H,6,8,10H2,1-3H3,(H2,27,30). The molecule has 0 radical (unpaired) electrons. The molecule has 0 aliphatic carbocycles. The Morgan fingerprint density at radius 3 is 2.75 bits per heavy atom. The molecule has 3 aromatic rings. The molecule has 0 fully saturated rings. The predicted octanol–water partition coefficient (Wildman–Crippen LogP) is 3.37. The van der Waals surface area contributed by atoms with Gasteiger partial charge in [0.1, 0.15) is 24.0 Å². The topological polar surface area (TPSA) is 108 Å². The van der Waals surface area contributed by atoms with Crippen molar-refractivity contribution in [3.05, 3.63) is 81.7 Å². The van der Waals surface area contributed by atoms with E-state index in [1.165, 1.54) is 0 Å². The molecule has 0 saturated heterocycles. The lowest BCUT2D eigenvalue weighted by Crippen LogP contribution is -2.23. The van der Waals surface area contributed by atoms with Gasteiger partial charge >= 0.3 is 0 Å². The Balaban J connectivity index is 1.80. The Kier molecular flexibility index (Phi) is 7.29. The van der Waals surface area contributed by atoms with Gasteiger partial charge in [-0.2, -0.15) is 5.26 Å². The van der Waals surface area contributed by atoms with Gasteiger partial charge in [0, 0.05) is 50.4 Å². The first-order chi connectivity index (χ1) is 15.5. The van der Waals surface area contributed by atoms with Crippen molar-refractivity contribution in [3.63, 3.8) is 0 Å². The minimum atomic E-state index is 0.441. The summed E-state index contributed by atoms with van der Waals surface area (Å²) >= 11 is 0. The highest BCUT2D eigenvalue weighted by Gasteiger charge is 2.12. The number of nitrogens with zero attached hydrogens (tertiary/aromatic N) is 5. The molecule has 7 heteroatoms. The predicted molar refractivity (Wildman–Crippen MR) is 127 cm³/mol. The van der Waals surface area contributed by atoms with Gasteiger partial charge in [-0.15, -0.1) is 0 Å². The average Bonchev–Trinajstić information content (AvgIpc) is 2.81. The third-order valence-electron chi connectivity index (χ3n) is 5.38. The van der Waals surface area contributed by atoms with Gasteiger partial charge in [0.2, 0.25) is 0 Å². The average molecular weight is 427 g/mol. The summed E-state index contributed by atoms with van der Waals surface area (Å²) in [7, 11) is 3.59. The van der Waals surface area contributed by atoms with Gasteiger partial charge in [-0.1, -0.05) is 6.07 Å². The molecule has 162 valence electrons. The zero-order valence-electron chi connectivity index (χ0n) is 18.5. The lowest BCUT2D eigenvalue weighted by Gasteiger charge is -2.20. The Morgan fingerprint density at radius 1 is 1.22 bits per heavy atom. The molecular formula is C25H26N6O. The maximum Gasteiger partial charge on any atom is 0.150 e. The number of anilines is 2. The van der Waals surface area contributed by atoms with E-state index in [9.17, 15) is 10.1 Å². The maximum absolute atomic E-state index is 11.8. The highest BCUT2D eigenvalue weighted by molar-refractivity contribution is 5.85. The van der Waals surface area contributed by atoms with Crippen molar-refractivity contribution in [2.75, 3.05) is 31.3 Å². The number of benzene rings is 1. The molecule has 0 bridgehead atoms. The molecule has 3 rings (SSSR count). The number of aryl methyl sites for hydroxylation is 1. The number of pyridine rings is 2. The van der Waals surface area contributed by atoms with E-state index in [-0.39, 0.29) is 0 Å². The lowest BCUT2D eigenvalue weighted by atomic mass is 9.94. The van der Waals surface area contributed by atoms with Crippen molar-refractivity contribution < 1.29 is 4.79 Å². The van der Waals surface area contributed by atoms with E-state index in [0.29, 0.717) is 42.1 Å². The molecule has 2 aromatic heterocycles. The van der Waals surface area contributed by atoms with Gasteiger partial charge in [-0.25, -0.2) is 9.97 Å². The molecule has 1 aromatic carbocycles. The number of nitrogen functional groups attached to an aromatic ring is 1. The van der Waals surface area contributed by atoms with Crippen LogP contribution in [0.15, 0.2) is 47.7 Å². The Morgan fingerprint density at radius 2 is 2.03 bits per heavy atom. The highest BCUT2D eigenvalue weighted by Crippen LogP contribution is 2.22. The number of nitriles is 1. The second kappa shape index (κ2) is 10.3. The van der Waals surface area contributed by atoms with E-state index < -0.39 is 0 Å². The van der Waals surface area contributed by atoms with E-state index >= 15 is 0 Å². The first kappa shape index (κ1) is 22.6. The number of rotatable bonds is 8. The summed E-state index contributed by atoms with van der Waals surface area (Å²) in [6, 6.07) is 11.6. The largest absolute Gasteiger partial charge is 0.383 e. The van der Waals surface area contributed by atoms with Crippen molar-refractivity contribution in [2.24, 2.45) is 4.99 Å². The van der Waals surface area contributed by atoms with Crippen LogP contribution in [-0.4, -0.2) is 43.1 Å². The molecule has 0 unspecified atom stereocenters. The summed E-state index contributed by atoms with van der Waals surface area (Å²) in [6.45, 7) is 2.68. The molecule has 0 amide bonds. The molecule has 2 N–H and O–H groups in total. The molecule has 2 heterocycles. The van der Waals surface area contributed by atoms with Crippen LogP contribution in [-0.2, 0) is 12.8 Å². The van der Waals surface area contributed by atoms with Gasteiger partial charge in [0.05, 0.1) is 5.56 Å². The molecular weight excluding hydrogens is 400 g/mol. The van der Waals surface area contributed by atoms with E-state index in [2.05, 4.69) is 27.1 Å². The van der Waals surface area contributed by atoms with Gasteiger partial charge in [-0.05, 0) is 66.3 Å². The normalized spacial score (nSPS) is 10.8. The van der Waals surface area contributed by atoms with Crippen molar-refractivity contribution in [1.29, 1.82) is 5.26 Å². The smallest absolute Gasteiger partial charge is 0.150 e. The van der Waals surface area contributed by atoms with Crippen molar-refractivity contribution in [3.8, 4) is 6.07 Å². The first-order valence-electron chi connectivity index (χ1n) is 10.3. The third kappa shape index (κ3) is 5.16. The second-order valence-electron chi connectivity index (χ2n) is 7.64. The summed E-state index contributed by atoms with van der Waals surface area (Å²) in [5.74, 6) is 1.08. The number of aromatic nitrogens is 2. The quantitative estimate of drug-likeness (QED) is 0.437. The van der Waals surface area contributed by atoms with Crippen molar-refractivity contribution in [1.82, 2.24) is 9.97 Å². The van der Waals surface area contributed by atoms with E-state index in [1.807, 2.05) is 31.0 Å². The van der Waals surface area contributed by atoms with Crippen LogP contribution in [0.1, 0.15) is 43.7 Å². The molecule has 32 heavy (non-hydrogen) atoms.